The van der Waals surface area contributed by atoms with E-state index in [2.05, 4.69) is 17.1 Å². The normalized spacial score (nSPS) is 16.6. The van der Waals surface area contributed by atoms with Crippen LogP contribution in [0.5, 0.6) is 11.5 Å². The SMILES string of the molecule is CCCCCCc1cc(C2C(c3ccccc3)=NN=C(C(C)C)N2O)c(O)cc1O. The van der Waals surface area contributed by atoms with Crippen LogP contribution in [0.25, 0.3) is 0 Å². The molecule has 3 N–H and O–H groups in total. The maximum Gasteiger partial charge on any atom is 0.154 e. The number of hydrogen-bond acceptors (Lipinski definition) is 6. The Hall–Kier alpha value is -2.86. The third-order valence-electron chi connectivity index (χ3n) is 5.41. The molecule has 1 aliphatic heterocycles. The summed E-state index contributed by atoms with van der Waals surface area (Å²) >= 11 is 0. The van der Waals surface area contributed by atoms with Crippen molar-refractivity contribution in [2.75, 3.05) is 0 Å². The number of nitrogens with zero attached hydrogens (tertiary/aromatic N) is 3. The number of aromatic hydroxyl groups is 2. The van der Waals surface area contributed by atoms with Crippen LogP contribution in [-0.4, -0.2) is 32.0 Å². The summed E-state index contributed by atoms with van der Waals surface area (Å²) in [5.74, 6) is 0.370. The molecule has 0 fully saturated rings. The summed E-state index contributed by atoms with van der Waals surface area (Å²) in [5, 5.41) is 41.9. The fourth-order valence-corrected chi connectivity index (χ4v) is 3.74. The van der Waals surface area contributed by atoms with Gasteiger partial charge in [0.25, 0.3) is 0 Å². The molecule has 0 bridgehead atoms. The highest BCUT2D eigenvalue weighted by molar-refractivity contribution is 6.08. The summed E-state index contributed by atoms with van der Waals surface area (Å²) in [4.78, 5) is 0. The molecule has 1 atom stereocenters. The van der Waals surface area contributed by atoms with E-state index in [0.717, 1.165) is 41.9 Å². The van der Waals surface area contributed by atoms with Crippen LogP contribution in [0.1, 0.15) is 69.2 Å². The van der Waals surface area contributed by atoms with E-state index >= 15 is 0 Å². The van der Waals surface area contributed by atoms with Gasteiger partial charge in [0.15, 0.2) is 5.84 Å². The Morgan fingerprint density at radius 2 is 1.70 bits per heavy atom. The van der Waals surface area contributed by atoms with Crippen molar-refractivity contribution >= 4 is 11.5 Å². The van der Waals surface area contributed by atoms with Gasteiger partial charge in [-0.2, -0.15) is 5.10 Å². The number of hydroxylamine groups is 2. The van der Waals surface area contributed by atoms with Crippen molar-refractivity contribution in [1.82, 2.24) is 5.06 Å². The highest BCUT2D eigenvalue weighted by Gasteiger charge is 2.35. The molecule has 0 saturated carbocycles. The van der Waals surface area contributed by atoms with Gasteiger partial charge in [-0.1, -0.05) is 70.4 Å². The fourth-order valence-electron chi connectivity index (χ4n) is 3.74. The molecule has 0 amide bonds. The Labute approximate surface area is 178 Å². The lowest BCUT2D eigenvalue weighted by molar-refractivity contribution is -0.0406. The van der Waals surface area contributed by atoms with Crippen molar-refractivity contribution in [3.8, 4) is 11.5 Å². The van der Waals surface area contributed by atoms with Crippen LogP contribution in [0.3, 0.4) is 0 Å². The molecule has 0 radical (unpaired) electrons. The third-order valence-corrected chi connectivity index (χ3v) is 5.41. The molecular weight excluding hydrogens is 378 g/mol. The first kappa shape index (κ1) is 21.8. The monoisotopic (exact) mass is 409 g/mol. The van der Waals surface area contributed by atoms with Gasteiger partial charge >= 0.3 is 0 Å². The molecule has 2 aromatic carbocycles. The maximum absolute atomic E-state index is 11.1. The molecule has 0 saturated heterocycles. The second kappa shape index (κ2) is 9.76. The van der Waals surface area contributed by atoms with Gasteiger partial charge in [-0.3, -0.25) is 5.21 Å². The molecule has 30 heavy (non-hydrogen) atoms. The van der Waals surface area contributed by atoms with Crippen LogP contribution in [0.4, 0.5) is 0 Å². The van der Waals surface area contributed by atoms with Crippen LogP contribution in [0, 0.1) is 5.92 Å². The van der Waals surface area contributed by atoms with Crippen LogP contribution in [-0.2, 0) is 6.42 Å². The largest absolute Gasteiger partial charge is 0.508 e. The average Bonchev–Trinajstić information content (AvgIpc) is 2.73. The van der Waals surface area contributed by atoms with E-state index in [-0.39, 0.29) is 17.4 Å². The second-order valence-electron chi connectivity index (χ2n) is 8.06. The lowest BCUT2D eigenvalue weighted by Crippen LogP contribution is -2.41. The quantitative estimate of drug-likeness (QED) is 0.508. The maximum atomic E-state index is 11.1. The van der Waals surface area contributed by atoms with E-state index in [0.29, 0.717) is 23.5 Å². The van der Waals surface area contributed by atoms with Gasteiger partial charge in [0.1, 0.15) is 23.3 Å². The number of amidine groups is 1. The Morgan fingerprint density at radius 1 is 0.967 bits per heavy atom. The summed E-state index contributed by atoms with van der Waals surface area (Å²) in [6, 6.07) is 11.9. The van der Waals surface area contributed by atoms with E-state index in [9.17, 15) is 15.4 Å². The molecule has 1 unspecified atom stereocenters. The van der Waals surface area contributed by atoms with E-state index in [1.54, 1.807) is 6.07 Å². The molecule has 160 valence electrons. The van der Waals surface area contributed by atoms with Gasteiger partial charge in [0.2, 0.25) is 0 Å². The molecule has 1 aliphatic rings. The van der Waals surface area contributed by atoms with Crippen LogP contribution in [0.15, 0.2) is 52.7 Å². The second-order valence-corrected chi connectivity index (χ2v) is 8.06. The Kier molecular flexibility index (Phi) is 7.11. The molecule has 0 aliphatic carbocycles. The van der Waals surface area contributed by atoms with E-state index in [4.69, 9.17) is 0 Å². The van der Waals surface area contributed by atoms with E-state index in [1.807, 2.05) is 44.2 Å². The van der Waals surface area contributed by atoms with Crippen LogP contribution in [0.2, 0.25) is 0 Å². The van der Waals surface area contributed by atoms with Gasteiger partial charge in [-0.05, 0) is 24.5 Å². The van der Waals surface area contributed by atoms with Gasteiger partial charge in [-0.15, -0.1) is 5.10 Å². The lowest BCUT2D eigenvalue weighted by Gasteiger charge is -2.34. The highest BCUT2D eigenvalue weighted by Crippen LogP contribution is 2.38. The van der Waals surface area contributed by atoms with Crippen molar-refractivity contribution in [1.29, 1.82) is 0 Å². The molecule has 6 nitrogen and oxygen atoms in total. The Balaban J connectivity index is 2.04. The Bertz CT molecular complexity index is 923. The van der Waals surface area contributed by atoms with Crippen molar-refractivity contribution in [3.63, 3.8) is 0 Å². The van der Waals surface area contributed by atoms with Gasteiger partial charge in [0, 0.05) is 23.1 Å². The number of aryl methyl sites for hydroxylation is 1. The lowest BCUT2D eigenvalue weighted by atomic mass is 9.91. The topological polar surface area (TPSA) is 88.7 Å². The molecule has 0 aromatic heterocycles. The molecule has 6 heteroatoms. The number of phenolic OH excluding ortho intramolecular Hbond substituents is 2. The fraction of sp³-hybridized carbons (Fsp3) is 0.417. The summed E-state index contributed by atoms with van der Waals surface area (Å²) < 4.78 is 0. The van der Waals surface area contributed by atoms with Crippen molar-refractivity contribution in [2.24, 2.45) is 16.1 Å². The number of hydrogen-bond donors (Lipinski definition) is 3. The summed E-state index contributed by atoms with van der Waals surface area (Å²) in [7, 11) is 0. The van der Waals surface area contributed by atoms with Crippen molar-refractivity contribution in [2.45, 2.75) is 58.9 Å². The van der Waals surface area contributed by atoms with E-state index in [1.165, 1.54) is 6.07 Å². The average molecular weight is 410 g/mol. The molecular formula is C24H31N3O3. The minimum absolute atomic E-state index is 0.0497. The van der Waals surface area contributed by atoms with Gasteiger partial charge in [-0.25, -0.2) is 5.06 Å². The first-order chi connectivity index (χ1) is 14.4. The predicted octanol–water partition coefficient (Wildman–Crippen LogP) is 5.43. The molecule has 0 spiro atoms. The molecule has 1 heterocycles. The predicted molar refractivity (Wildman–Crippen MR) is 119 cm³/mol. The highest BCUT2D eigenvalue weighted by atomic mass is 16.5. The number of phenols is 2. The molecule has 2 aromatic rings. The summed E-state index contributed by atoms with van der Waals surface area (Å²) in [6.45, 7) is 6.02. The van der Waals surface area contributed by atoms with Crippen LogP contribution >= 0.6 is 0 Å². The minimum Gasteiger partial charge on any atom is -0.508 e. The van der Waals surface area contributed by atoms with E-state index < -0.39 is 6.04 Å². The van der Waals surface area contributed by atoms with Crippen LogP contribution < -0.4 is 0 Å². The van der Waals surface area contributed by atoms with Crippen molar-refractivity contribution in [3.05, 3.63) is 59.2 Å². The number of rotatable bonds is 8. The number of unbranched alkanes of at least 4 members (excludes halogenated alkanes) is 3. The zero-order chi connectivity index (χ0) is 21.7. The molecule has 3 rings (SSSR count). The first-order valence-electron chi connectivity index (χ1n) is 10.7. The van der Waals surface area contributed by atoms with Crippen molar-refractivity contribution < 1.29 is 15.4 Å². The zero-order valence-electron chi connectivity index (χ0n) is 17.9. The first-order valence-corrected chi connectivity index (χ1v) is 10.7. The Morgan fingerprint density at radius 3 is 2.37 bits per heavy atom. The van der Waals surface area contributed by atoms with Gasteiger partial charge < -0.3 is 10.2 Å². The minimum atomic E-state index is -0.725. The smallest absolute Gasteiger partial charge is 0.154 e. The third kappa shape index (κ3) is 4.65. The van der Waals surface area contributed by atoms with Gasteiger partial charge in [0.05, 0.1) is 0 Å². The zero-order valence-corrected chi connectivity index (χ0v) is 17.9. The summed E-state index contributed by atoms with van der Waals surface area (Å²) in [5.41, 5.74) is 2.61. The standard InChI is InChI=1S/C24H31N3O3/c1-4-5-6-8-13-18-14-19(21(29)15-20(18)28)23-22(17-11-9-7-10-12-17)25-26-24(16(2)3)27(23)30/h7,9-12,14-16,23,28-30H,4-6,8,13H2,1-3H3. The summed E-state index contributed by atoms with van der Waals surface area (Å²) in [6.07, 6.45) is 5.04. The number of benzene rings is 2.